The lowest BCUT2D eigenvalue weighted by molar-refractivity contribution is -0.479. The van der Waals surface area contributed by atoms with Crippen LogP contribution in [0.15, 0.2) is 24.3 Å². The predicted octanol–water partition coefficient (Wildman–Crippen LogP) is 1.20. The second-order valence-corrected chi connectivity index (χ2v) is 2.81. The Hall–Kier alpha value is -1.91. The molecule has 0 aliphatic carbocycles. The summed E-state index contributed by atoms with van der Waals surface area (Å²) in [5.74, 6) is -1.02. The Balaban J connectivity index is 2.73. The number of carboxylic acids is 1. The summed E-state index contributed by atoms with van der Waals surface area (Å²) in [5, 5.41) is 18.7. The number of nitrogens with zero attached hydrogens (tertiary/aromatic N) is 1. The van der Waals surface area contributed by atoms with Crippen LogP contribution in [0.1, 0.15) is 15.9 Å². The average molecular weight is 195 g/mol. The van der Waals surface area contributed by atoms with Gasteiger partial charge in [0.25, 0.3) is 0 Å². The van der Waals surface area contributed by atoms with Crippen LogP contribution < -0.4 is 0 Å². The van der Waals surface area contributed by atoms with Crippen molar-refractivity contribution in [1.29, 1.82) is 0 Å². The molecular formula is C9H9NO4. The molecule has 0 spiro atoms. The molecule has 5 nitrogen and oxygen atoms in total. The molecule has 14 heavy (non-hydrogen) atoms. The lowest BCUT2D eigenvalue weighted by atomic mass is 10.1. The molecule has 0 atom stereocenters. The number of carbonyl (C=O) groups is 1. The molecule has 74 valence electrons. The first-order valence-corrected chi connectivity index (χ1v) is 4.03. The summed E-state index contributed by atoms with van der Waals surface area (Å²) in [6.07, 6.45) is 0.258. The zero-order valence-corrected chi connectivity index (χ0v) is 7.34. The summed E-state index contributed by atoms with van der Waals surface area (Å²) < 4.78 is 0. The maximum Gasteiger partial charge on any atom is 0.335 e. The average Bonchev–Trinajstić information content (AvgIpc) is 2.15. The molecule has 1 aromatic rings. The lowest BCUT2D eigenvalue weighted by Crippen LogP contribution is -2.05. The van der Waals surface area contributed by atoms with Gasteiger partial charge in [0.15, 0.2) is 0 Å². The maximum absolute atomic E-state index is 10.6. The zero-order chi connectivity index (χ0) is 10.6. The summed E-state index contributed by atoms with van der Waals surface area (Å²) in [7, 11) is 0. The van der Waals surface area contributed by atoms with Crippen LogP contribution in [0.4, 0.5) is 0 Å². The van der Waals surface area contributed by atoms with Crippen molar-refractivity contribution in [3.05, 3.63) is 45.5 Å². The second-order valence-electron chi connectivity index (χ2n) is 2.81. The molecule has 1 rings (SSSR count). The van der Waals surface area contributed by atoms with Crippen molar-refractivity contribution in [3.63, 3.8) is 0 Å². The lowest BCUT2D eigenvalue weighted by Gasteiger charge is -1.98. The monoisotopic (exact) mass is 195 g/mol. The Bertz CT molecular complexity index is 362. The summed E-state index contributed by atoms with van der Waals surface area (Å²) in [6.45, 7) is -0.178. The number of aromatic carboxylic acids is 1. The predicted molar refractivity (Wildman–Crippen MR) is 49.0 cm³/mol. The highest BCUT2D eigenvalue weighted by Gasteiger charge is 2.04. The van der Waals surface area contributed by atoms with Crippen LogP contribution in [0.2, 0.25) is 0 Å². The van der Waals surface area contributed by atoms with Gasteiger partial charge in [-0.15, -0.1) is 0 Å². The number of hydrogen-bond donors (Lipinski definition) is 1. The first kappa shape index (κ1) is 10.2. The molecule has 1 aromatic carbocycles. The van der Waals surface area contributed by atoms with Gasteiger partial charge in [-0.1, -0.05) is 12.1 Å². The molecule has 0 aliphatic rings. The largest absolute Gasteiger partial charge is 0.478 e. The normalized spacial score (nSPS) is 9.71. The van der Waals surface area contributed by atoms with Gasteiger partial charge in [0.05, 0.1) is 5.56 Å². The minimum Gasteiger partial charge on any atom is -0.478 e. The zero-order valence-electron chi connectivity index (χ0n) is 7.34. The van der Waals surface area contributed by atoms with Crippen molar-refractivity contribution in [2.75, 3.05) is 6.54 Å². The van der Waals surface area contributed by atoms with Crippen LogP contribution in [0, 0.1) is 10.1 Å². The maximum atomic E-state index is 10.6. The molecule has 0 saturated carbocycles. The quantitative estimate of drug-likeness (QED) is 0.578. The number of rotatable bonds is 4. The molecule has 0 fully saturated rings. The van der Waals surface area contributed by atoms with E-state index in [9.17, 15) is 14.9 Å². The minimum absolute atomic E-state index is 0.158. The van der Waals surface area contributed by atoms with E-state index in [1.165, 1.54) is 12.1 Å². The van der Waals surface area contributed by atoms with Crippen molar-refractivity contribution in [2.45, 2.75) is 6.42 Å². The molecule has 0 amide bonds. The van der Waals surface area contributed by atoms with Crippen LogP contribution in [-0.2, 0) is 6.42 Å². The highest BCUT2D eigenvalue weighted by Crippen LogP contribution is 2.05. The van der Waals surface area contributed by atoms with E-state index in [1.807, 2.05) is 0 Å². The van der Waals surface area contributed by atoms with Crippen molar-refractivity contribution < 1.29 is 14.8 Å². The molecule has 0 aromatic heterocycles. The van der Waals surface area contributed by atoms with Crippen LogP contribution in [0.5, 0.6) is 0 Å². The minimum atomic E-state index is -1.02. The highest BCUT2D eigenvalue weighted by molar-refractivity contribution is 5.87. The van der Waals surface area contributed by atoms with E-state index in [1.54, 1.807) is 12.1 Å². The molecule has 0 aliphatic heterocycles. The van der Waals surface area contributed by atoms with Crippen molar-refractivity contribution in [3.8, 4) is 0 Å². The summed E-state index contributed by atoms with van der Waals surface area (Å²) >= 11 is 0. The van der Waals surface area contributed by atoms with Crippen LogP contribution in [0.3, 0.4) is 0 Å². The Morgan fingerprint density at radius 3 is 2.79 bits per heavy atom. The smallest absolute Gasteiger partial charge is 0.335 e. The highest BCUT2D eigenvalue weighted by atomic mass is 16.6. The van der Waals surface area contributed by atoms with E-state index < -0.39 is 10.9 Å². The van der Waals surface area contributed by atoms with Gasteiger partial charge in [-0.05, 0) is 17.7 Å². The summed E-state index contributed by atoms with van der Waals surface area (Å²) in [6, 6.07) is 6.17. The van der Waals surface area contributed by atoms with Crippen molar-refractivity contribution in [2.24, 2.45) is 0 Å². The van der Waals surface area contributed by atoms with Gasteiger partial charge in [0.1, 0.15) is 0 Å². The van der Waals surface area contributed by atoms with E-state index in [-0.39, 0.29) is 18.5 Å². The SMILES string of the molecule is O=C(O)c1cccc(CC[N+](=O)[O-])c1. The molecular weight excluding hydrogens is 186 g/mol. The standard InChI is InChI=1S/C9H9NO4/c11-9(12)8-3-1-2-7(6-8)4-5-10(13)14/h1-3,6H,4-5H2,(H,11,12). The molecule has 1 N–H and O–H groups in total. The number of benzene rings is 1. The fourth-order valence-electron chi connectivity index (χ4n) is 1.08. The Kier molecular flexibility index (Phi) is 3.17. The van der Waals surface area contributed by atoms with Crippen LogP contribution >= 0.6 is 0 Å². The van der Waals surface area contributed by atoms with Crippen LogP contribution in [-0.4, -0.2) is 22.5 Å². The van der Waals surface area contributed by atoms with Gasteiger partial charge in [-0.3, -0.25) is 10.1 Å². The van der Waals surface area contributed by atoms with Gasteiger partial charge in [-0.2, -0.15) is 0 Å². The first-order chi connectivity index (χ1) is 6.59. The Morgan fingerprint density at radius 2 is 2.21 bits per heavy atom. The third kappa shape index (κ3) is 2.85. The van der Waals surface area contributed by atoms with E-state index in [0.29, 0.717) is 5.56 Å². The van der Waals surface area contributed by atoms with Gasteiger partial charge in [0, 0.05) is 11.3 Å². The summed E-state index contributed by atoms with van der Waals surface area (Å²) in [5.41, 5.74) is 0.826. The summed E-state index contributed by atoms with van der Waals surface area (Å²) in [4.78, 5) is 20.2. The molecule has 0 radical (unpaired) electrons. The fraction of sp³-hybridized carbons (Fsp3) is 0.222. The molecule has 0 bridgehead atoms. The number of hydrogen-bond acceptors (Lipinski definition) is 3. The Labute approximate surface area is 80.1 Å². The molecule has 5 heteroatoms. The number of nitro groups is 1. The van der Waals surface area contributed by atoms with E-state index in [4.69, 9.17) is 5.11 Å². The van der Waals surface area contributed by atoms with E-state index in [2.05, 4.69) is 0 Å². The Morgan fingerprint density at radius 1 is 1.50 bits per heavy atom. The van der Waals surface area contributed by atoms with Gasteiger partial charge >= 0.3 is 5.97 Å². The third-order valence-electron chi connectivity index (χ3n) is 1.76. The van der Waals surface area contributed by atoms with E-state index >= 15 is 0 Å². The first-order valence-electron chi connectivity index (χ1n) is 4.03. The second kappa shape index (κ2) is 4.36. The van der Waals surface area contributed by atoms with Gasteiger partial charge < -0.3 is 5.11 Å². The molecule has 0 saturated heterocycles. The van der Waals surface area contributed by atoms with Crippen LogP contribution in [0.25, 0.3) is 0 Å². The molecule has 0 heterocycles. The third-order valence-corrected chi connectivity index (χ3v) is 1.76. The van der Waals surface area contributed by atoms with Gasteiger partial charge in [-0.25, -0.2) is 4.79 Å². The fourth-order valence-corrected chi connectivity index (χ4v) is 1.08. The van der Waals surface area contributed by atoms with Crippen molar-refractivity contribution >= 4 is 5.97 Å². The topological polar surface area (TPSA) is 80.4 Å². The van der Waals surface area contributed by atoms with Crippen molar-refractivity contribution in [1.82, 2.24) is 0 Å². The number of carboxylic acid groups (broad SMARTS) is 1. The molecule has 0 unspecified atom stereocenters. The van der Waals surface area contributed by atoms with E-state index in [0.717, 1.165) is 0 Å². The van der Waals surface area contributed by atoms with Gasteiger partial charge in [0.2, 0.25) is 6.54 Å².